The molecule has 6 heteroatoms. The fourth-order valence-corrected chi connectivity index (χ4v) is 7.39. The number of nitrogens with zero attached hydrogens (tertiary/aromatic N) is 1. The summed E-state index contributed by atoms with van der Waals surface area (Å²) >= 11 is 0. The Labute approximate surface area is 120 Å². The second kappa shape index (κ2) is 6.50. The number of amides is 1. The summed E-state index contributed by atoms with van der Waals surface area (Å²) in [7, 11) is -1.35. The van der Waals surface area contributed by atoms with E-state index in [1.807, 2.05) is 6.92 Å². The normalized spacial score (nSPS) is 24.2. The van der Waals surface area contributed by atoms with Gasteiger partial charge in [-0.3, -0.25) is 4.79 Å². The smallest absolute Gasteiger partial charge is 0.334 e. The third kappa shape index (κ3) is 3.77. The molecule has 0 radical (unpaired) electrons. The number of rotatable bonds is 5. The highest BCUT2D eigenvalue weighted by atomic mass is 28.3. The van der Waals surface area contributed by atoms with E-state index < -0.39 is 20.2 Å². The average Bonchev–Trinajstić information content (AvgIpc) is 2.75. The van der Waals surface area contributed by atoms with E-state index in [1.54, 1.807) is 0 Å². The van der Waals surface area contributed by atoms with Crippen LogP contribution in [0.5, 0.6) is 0 Å². The standard InChI is InChI=1S/C14H26F3NOSi/c1-5-20(6-2,7-3)10-12-9-18(8-11(12)4)13(19)14(15,16)17/h11-12H,5-10H2,1-4H3/t11-,12+/m1/s1. The molecule has 0 spiro atoms. The van der Waals surface area contributed by atoms with Crippen molar-refractivity contribution in [3.8, 4) is 0 Å². The summed E-state index contributed by atoms with van der Waals surface area (Å²) in [5.41, 5.74) is 0. The van der Waals surface area contributed by atoms with Gasteiger partial charge in [0, 0.05) is 13.1 Å². The van der Waals surface area contributed by atoms with Crippen LogP contribution in [0, 0.1) is 11.8 Å². The number of likely N-dealkylation sites (tertiary alicyclic amines) is 1. The zero-order valence-corrected chi connectivity index (χ0v) is 13.9. The first kappa shape index (κ1) is 17.5. The van der Waals surface area contributed by atoms with E-state index in [9.17, 15) is 18.0 Å². The quantitative estimate of drug-likeness (QED) is 0.699. The van der Waals surface area contributed by atoms with Gasteiger partial charge in [-0.05, 0) is 11.8 Å². The Morgan fingerprint density at radius 1 is 1.15 bits per heavy atom. The third-order valence-electron chi connectivity index (χ3n) is 5.24. The van der Waals surface area contributed by atoms with Crippen LogP contribution in [-0.4, -0.2) is 38.1 Å². The van der Waals surface area contributed by atoms with Crippen LogP contribution in [0.25, 0.3) is 0 Å². The molecule has 0 aromatic heterocycles. The van der Waals surface area contributed by atoms with Crippen LogP contribution in [0.15, 0.2) is 0 Å². The van der Waals surface area contributed by atoms with Gasteiger partial charge in [0.1, 0.15) is 0 Å². The minimum absolute atomic E-state index is 0.179. The Morgan fingerprint density at radius 3 is 2.05 bits per heavy atom. The molecule has 20 heavy (non-hydrogen) atoms. The second-order valence-electron chi connectivity index (χ2n) is 6.21. The summed E-state index contributed by atoms with van der Waals surface area (Å²) in [6, 6.07) is 4.59. The van der Waals surface area contributed by atoms with E-state index in [0.717, 1.165) is 10.9 Å². The Morgan fingerprint density at radius 2 is 1.65 bits per heavy atom. The van der Waals surface area contributed by atoms with Gasteiger partial charge in [-0.15, -0.1) is 0 Å². The van der Waals surface area contributed by atoms with Crippen LogP contribution < -0.4 is 0 Å². The molecule has 0 bridgehead atoms. The van der Waals surface area contributed by atoms with Gasteiger partial charge in [-0.1, -0.05) is 51.9 Å². The maximum absolute atomic E-state index is 12.5. The highest BCUT2D eigenvalue weighted by Crippen LogP contribution is 2.37. The minimum Gasteiger partial charge on any atom is -0.334 e. The molecule has 1 fully saturated rings. The lowest BCUT2D eigenvalue weighted by molar-refractivity contribution is -0.184. The van der Waals surface area contributed by atoms with Crippen molar-refractivity contribution < 1.29 is 18.0 Å². The fraction of sp³-hybridized carbons (Fsp3) is 0.929. The van der Waals surface area contributed by atoms with Gasteiger partial charge in [0.05, 0.1) is 8.07 Å². The molecule has 118 valence electrons. The highest BCUT2D eigenvalue weighted by molar-refractivity contribution is 6.79. The van der Waals surface area contributed by atoms with Crippen molar-refractivity contribution in [1.82, 2.24) is 4.90 Å². The largest absolute Gasteiger partial charge is 0.471 e. The van der Waals surface area contributed by atoms with Crippen LogP contribution in [-0.2, 0) is 4.79 Å². The predicted octanol–water partition coefficient (Wildman–Crippen LogP) is 4.15. The van der Waals surface area contributed by atoms with Crippen molar-refractivity contribution in [3.63, 3.8) is 0 Å². The van der Waals surface area contributed by atoms with E-state index >= 15 is 0 Å². The van der Waals surface area contributed by atoms with Gasteiger partial charge in [0.2, 0.25) is 0 Å². The Kier molecular flexibility index (Phi) is 5.69. The molecule has 0 aromatic carbocycles. The van der Waals surface area contributed by atoms with Crippen molar-refractivity contribution in [3.05, 3.63) is 0 Å². The molecule has 1 aliphatic heterocycles. The molecule has 0 aromatic rings. The number of carbonyl (C=O) groups excluding carboxylic acids is 1. The SMILES string of the molecule is CC[Si](CC)(CC)C[C@@H]1CN(C(=O)C(F)(F)F)C[C@H]1C. The third-order valence-corrected chi connectivity index (χ3v) is 11.1. The molecule has 0 N–H and O–H groups in total. The molecule has 0 saturated carbocycles. The van der Waals surface area contributed by atoms with Crippen LogP contribution in [0.2, 0.25) is 24.2 Å². The maximum atomic E-state index is 12.5. The molecule has 1 saturated heterocycles. The molecular weight excluding hydrogens is 283 g/mol. The van der Waals surface area contributed by atoms with Crippen molar-refractivity contribution in [2.24, 2.45) is 11.8 Å². The first-order valence-corrected chi connectivity index (χ1v) is 10.4. The molecule has 1 aliphatic rings. The summed E-state index contributed by atoms with van der Waals surface area (Å²) in [5.74, 6) is -1.24. The number of halogens is 3. The van der Waals surface area contributed by atoms with Gasteiger partial charge in [0.15, 0.2) is 0 Å². The molecule has 2 nitrogen and oxygen atoms in total. The number of alkyl halides is 3. The number of carbonyl (C=O) groups is 1. The van der Waals surface area contributed by atoms with Gasteiger partial charge in [0.25, 0.3) is 0 Å². The number of hydrogen-bond acceptors (Lipinski definition) is 1. The lowest BCUT2D eigenvalue weighted by Gasteiger charge is -2.32. The van der Waals surface area contributed by atoms with Crippen LogP contribution in [0.1, 0.15) is 27.7 Å². The molecule has 2 atom stereocenters. The summed E-state index contributed by atoms with van der Waals surface area (Å²) < 4.78 is 37.5. The molecule has 1 rings (SSSR count). The van der Waals surface area contributed by atoms with E-state index in [2.05, 4.69) is 20.8 Å². The topological polar surface area (TPSA) is 20.3 Å². The Balaban J connectivity index is 2.73. The first-order valence-electron chi connectivity index (χ1n) is 7.55. The van der Waals surface area contributed by atoms with Crippen molar-refractivity contribution >= 4 is 14.0 Å². The van der Waals surface area contributed by atoms with Crippen LogP contribution in [0.4, 0.5) is 13.2 Å². The van der Waals surface area contributed by atoms with Gasteiger partial charge >= 0.3 is 12.1 Å². The highest BCUT2D eigenvalue weighted by Gasteiger charge is 2.47. The molecule has 1 amide bonds. The Hall–Kier alpha value is -0.523. The van der Waals surface area contributed by atoms with Gasteiger partial charge in [-0.2, -0.15) is 13.2 Å². The lowest BCUT2D eigenvalue weighted by Crippen LogP contribution is -2.40. The zero-order chi connectivity index (χ0) is 15.6. The minimum atomic E-state index is -4.73. The summed E-state index contributed by atoms with van der Waals surface area (Å²) in [6.07, 6.45) is -4.73. The first-order chi connectivity index (χ1) is 9.19. The number of hydrogen-bond donors (Lipinski definition) is 0. The summed E-state index contributed by atoms with van der Waals surface area (Å²) in [6.45, 7) is 9.14. The van der Waals surface area contributed by atoms with E-state index in [0.29, 0.717) is 0 Å². The zero-order valence-electron chi connectivity index (χ0n) is 12.9. The van der Waals surface area contributed by atoms with Crippen LogP contribution in [0.3, 0.4) is 0 Å². The van der Waals surface area contributed by atoms with Crippen molar-refractivity contribution in [2.75, 3.05) is 13.1 Å². The monoisotopic (exact) mass is 309 g/mol. The molecular formula is C14H26F3NOSi. The van der Waals surface area contributed by atoms with Crippen LogP contribution >= 0.6 is 0 Å². The van der Waals surface area contributed by atoms with Gasteiger partial charge < -0.3 is 4.90 Å². The van der Waals surface area contributed by atoms with Crippen molar-refractivity contribution in [1.29, 1.82) is 0 Å². The summed E-state index contributed by atoms with van der Waals surface area (Å²) in [4.78, 5) is 12.4. The van der Waals surface area contributed by atoms with E-state index in [-0.39, 0.29) is 24.9 Å². The molecule has 0 unspecified atom stereocenters. The maximum Gasteiger partial charge on any atom is 0.471 e. The molecule has 1 heterocycles. The van der Waals surface area contributed by atoms with E-state index in [1.165, 1.54) is 18.1 Å². The molecule has 0 aliphatic carbocycles. The summed E-state index contributed by atoms with van der Waals surface area (Å²) in [5, 5.41) is 0. The van der Waals surface area contributed by atoms with Gasteiger partial charge in [-0.25, -0.2) is 0 Å². The fourth-order valence-electron chi connectivity index (χ4n) is 3.38. The second-order valence-corrected chi connectivity index (χ2v) is 11.7. The van der Waals surface area contributed by atoms with Crippen molar-refractivity contribution in [2.45, 2.75) is 58.0 Å². The van der Waals surface area contributed by atoms with E-state index in [4.69, 9.17) is 0 Å². The lowest BCUT2D eigenvalue weighted by atomic mass is 10.0. The Bertz CT molecular complexity index is 334. The predicted molar refractivity (Wildman–Crippen MR) is 77.3 cm³/mol. The average molecular weight is 309 g/mol.